The van der Waals surface area contributed by atoms with Gasteiger partial charge < -0.3 is 0 Å². The zero-order valence-corrected chi connectivity index (χ0v) is 11.4. The fourth-order valence-corrected chi connectivity index (χ4v) is 5.53. The molecule has 1 heterocycles. The monoisotopic (exact) mass is 244 g/mol. The molecule has 0 unspecified atom stereocenters. The maximum atomic E-state index is 10.7. The zero-order chi connectivity index (χ0) is 11.3. The summed E-state index contributed by atoms with van der Waals surface area (Å²) in [4.78, 5) is 10.7. The van der Waals surface area contributed by atoms with Crippen LogP contribution in [0.1, 0.15) is 33.6 Å². The molecule has 0 aliphatic carbocycles. The number of hydrogen-bond acceptors (Lipinski definition) is 3. The maximum Gasteiger partial charge on any atom is 0.145 e. The van der Waals surface area contributed by atoms with E-state index in [2.05, 4.69) is 19.9 Å². The summed E-state index contributed by atoms with van der Waals surface area (Å²) >= 11 is 4.02. The van der Waals surface area contributed by atoms with Crippen molar-refractivity contribution in [3.05, 3.63) is 11.6 Å². The molecule has 3 heteroatoms. The van der Waals surface area contributed by atoms with Crippen LogP contribution in [0.2, 0.25) is 0 Å². The Morgan fingerprint density at radius 3 is 2.47 bits per heavy atom. The number of carbonyl (C=O) groups is 1. The Bertz CT molecular complexity index is 240. The fraction of sp³-hybridized carbons (Fsp3) is 0.750. The summed E-state index contributed by atoms with van der Waals surface area (Å²) in [6.07, 6.45) is 5.60. The third kappa shape index (κ3) is 4.23. The van der Waals surface area contributed by atoms with Crippen LogP contribution in [0.5, 0.6) is 0 Å². The molecular formula is C12H20OS2. The molecule has 0 bridgehead atoms. The lowest BCUT2D eigenvalue weighted by atomic mass is 10.1. The second-order valence-corrected chi connectivity index (χ2v) is 7.58. The van der Waals surface area contributed by atoms with Gasteiger partial charge in [-0.3, -0.25) is 4.79 Å². The van der Waals surface area contributed by atoms with Gasteiger partial charge in [0, 0.05) is 0 Å². The Labute approximate surface area is 101 Å². The van der Waals surface area contributed by atoms with E-state index in [9.17, 15) is 4.79 Å². The number of carbonyl (C=O) groups excluding carboxylic acids is 1. The summed E-state index contributed by atoms with van der Waals surface area (Å²) in [7, 11) is 0. The Kier molecular flexibility index (Phi) is 5.27. The molecule has 1 aliphatic heterocycles. The number of thioether (sulfide) groups is 2. The molecular weight excluding hydrogens is 224 g/mol. The minimum absolute atomic E-state index is 0.164. The zero-order valence-electron chi connectivity index (χ0n) is 9.79. The maximum absolute atomic E-state index is 10.7. The van der Waals surface area contributed by atoms with Crippen LogP contribution in [-0.2, 0) is 4.79 Å². The van der Waals surface area contributed by atoms with Crippen LogP contribution in [-0.4, -0.2) is 21.9 Å². The predicted octanol–water partition coefficient (Wildman–Crippen LogP) is 3.74. The van der Waals surface area contributed by atoms with Gasteiger partial charge in [-0.05, 0) is 42.8 Å². The van der Waals surface area contributed by atoms with E-state index in [0.29, 0.717) is 5.92 Å². The lowest BCUT2D eigenvalue weighted by molar-refractivity contribution is -0.104. The highest BCUT2D eigenvalue weighted by molar-refractivity contribution is 8.19. The molecule has 1 nitrogen and oxygen atoms in total. The van der Waals surface area contributed by atoms with E-state index in [0.717, 1.165) is 18.3 Å². The average Bonchev–Trinajstić information content (AvgIpc) is 2.17. The molecule has 0 spiro atoms. The van der Waals surface area contributed by atoms with Gasteiger partial charge in [0.2, 0.25) is 0 Å². The summed E-state index contributed by atoms with van der Waals surface area (Å²) in [5, 5.41) is 0. The standard InChI is InChI=1S/C12H20OS2/c1-10(2)7-12(8-11(3)9-13)14-5-4-6-15-12/h8-10H,4-7H2,1-3H3/b11-8+. The Balaban J connectivity index is 2.79. The quantitative estimate of drug-likeness (QED) is 0.554. The van der Waals surface area contributed by atoms with Gasteiger partial charge in [-0.15, -0.1) is 23.5 Å². The molecule has 0 N–H and O–H groups in total. The Hall–Kier alpha value is 0.110. The molecule has 0 aromatic heterocycles. The van der Waals surface area contributed by atoms with Crippen molar-refractivity contribution in [1.82, 2.24) is 0 Å². The van der Waals surface area contributed by atoms with Gasteiger partial charge in [0.25, 0.3) is 0 Å². The molecule has 15 heavy (non-hydrogen) atoms. The molecule has 0 saturated carbocycles. The minimum atomic E-state index is 0.164. The van der Waals surface area contributed by atoms with E-state index < -0.39 is 0 Å². The SMILES string of the molecule is C/C(C=O)=C\C1(CC(C)C)SCCCS1. The van der Waals surface area contributed by atoms with Crippen LogP contribution >= 0.6 is 23.5 Å². The van der Waals surface area contributed by atoms with E-state index in [1.807, 2.05) is 30.4 Å². The second-order valence-electron chi connectivity index (χ2n) is 4.47. The molecule has 0 radical (unpaired) electrons. The van der Waals surface area contributed by atoms with E-state index in [4.69, 9.17) is 0 Å². The number of hydrogen-bond donors (Lipinski definition) is 0. The van der Waals surface area contributed by atoms with Crippen molar-refractivity contribution in [2.45, 2.75) is 37.7 Å². The van der Waals surface area contributed by atoms with Crippen molar-refractivity contribution in [1.29, 1.82) is 0 Å². The smallest absolute Gasteiger partial charge is 0.145 e. The number of aldehydes is 1. The van der Waals surface area contributed by atoms with Crippen LogP contribution in [0, 0.1) is 5.92 Å². The first kappa shape index (κ1) is 13.2. The van der Waals surface area contributed by atoms with E-state index in [1.54, 1.807) is 0 Å². The van der Waals surface area contributed by atoms with Crippen molar-refractivity contribution in [3.63, 3.8) is 0 Å². The molecule has 0 aromatic rings. The third-order valence-electron chi connectivity index (χ3n) is 2.31. The summed E-state index contributed by atoms with van der Waals surface area (Å²) < 4.78 is 0.164. The van der Waals surface area contributed by atoms with Gasteiger partial charge in [0.15, 0.2) is 0 Å². The van der Waals surface area contributed by atoms with Gasteiger partial charge >= 0.3 is 0 Å². The Morgan fingerprint density at radius 1 is 1.40 bits per heavy atom. The summed E-state index contributed by atoms with van der Waals surface area (Å²) in [5.74, 6) is 3.13. The molecule has 1 fully saturated rings. The highest BCUT2D eigenvalue weighted by atomic mass is 32.2. The molecule has 0 aromatic carbocycles. The lowest BCUT2D eigenvalue weighted by Gasteiger charge is -2.35. The van der Waals surface area contributed by atoms with Gasteiger partial charge in [0.1, 0.15) is 6.29 Å². The van der Waals surface area contributed by atoms with Crippen LogP contribution in [0.15, 0.2) is 11.6 Å². The van der Waals surface area contributed by atoms with Crippen LogP contribution in [0.4, 0.5) is 0 Å². The molecule has 1 rings (SSSR count). The van der Waals surface area contributed by atoms with E-state index >= 15 is 0 Å². The first-order valence-corrected chi connectivity index (χ1v) is 7.48. The fourth-order valence-electron chi connectivity index (χ4n) is 1.80. The van der Waals surface area contributed by atoms with E-state index in [1.165, 1.54) is 17.9 Å². The summed E-state index contributed by atoms with van der Waals surface area (Å²) in [5.41, 5.74) is 0.873. The Morgan fingerprint density at radius 2 is 2.00 bits per heavy atom. The second kappa shape index (κ2) is 6.00. The third-order valence-corrected chi connectivity index (χ3v) is 5.55. The van der Waals surface area contributed by atoms with Crippen molar-refractivity contribution < 1.29 is 4.79 Å². The molecule has 0 amide bonds. The lowest BCUT2D eigenvalue weighted by Crippen LogP contribution is -2.25. The molecule has 1 aliphatic rings. The van der Waals surface area contributed by atoms with Crippen LogP contribution in [0.3, 0.4) is 0 Å². The minimum Gasteiger partial charge on any atom is -0.298 e. The first-order chi connectivity index (χ1) is 7.08. The number of rotatable bonds is 4. The van der Waals surface area contributed by atoms with Gasteiger partial charge in [-0.2, -0.15) is 0 Å². The average molecular weight is 244 g/mol. The normalized spacial score (nSPS) is 21.7. The summed E-state index contributed by atoms with van der Waals surface area (Å²) in [6, 6.07) is 0. The largest absolute Gasteiger partial charge is 0.298 e. The first-order valence-electron chi connectivity index (χ1n) is 5.50. The molecule has 0 atom stereocenters. The topological polar surface area (TPSA) is 17.1 Å². The van der Waals surface area contributed by atoms with Gasteiger partial charge in [-0.1, -0.05) is 19.9 Å². The van der Waals surface area contributed by atoms with Crippen molar-refractivity contribution >= 4 is 29.8 Å². The van der Waals surface area contributed by atoms with Crippen LogP contribution < -0.4 is 0 Å². The highest BCUT2D eigenvalue weighted by Gasteiger charge is 2.32. The summed E-state index contributed by atoms with van der Waals surface area (Å²) in [6.45, 7) is 6.41. The van der Waals surface area contributed by atoms with E-state index in [-0.39, 0.29) is 4.08 Å². The molecule has 86 valence electrons. The van der Waals surface area contributed by atoms with Crippen molar-refractivity contribution in [3.8, 4) is 0 Å². The van der Waals surface area contributed by atoms with Crippen molar-refractivity contribution in [2.24, 2.45) is 5.92 Å². The van der Waals surface area contributed by atoms with Crippen molar-refractivity contribution in [2.75, 3.05) is 11.5 Å². The highest BCUT2D eigenvalue weighted by Crippen LogP contribution is 2.47. The predicted molar refractivity (Wildman–Crippen MR) is 71.5 cm³/mol. The number of allylic oxidation sites excluding steroid dienone is 1. The van der Waals surface area contributed by atoms with Gasteiger partial charge in [-0.25, -0.2) is 0 Å². The molecule has 1 saturated heterocycles. The van der Waals surface area contributed by atoms with Crippen LogP contribution in [0.25, 0.3) is 0 Å². The van der Waals surface area contributed by atoms with Gasteiger partial charge in [0.05, 0.1) is 4.08 Å².